The number of morpholine rings is 1. The molecule has 1 N–H and O–H groups in total. The van der Waals surface area contributed by atoms with Crippen LogP contribution in [0, 0.1) is 5.92 Å². The van der Waals surface area contributed by atoms with Crippen molar-refractivity contribution >= 4 is 29.9 Å². The van der Waals surface area contributed by atoms with Gasteiger partial charge in [-0.05, 0) is 24.3 Å². The Morgan fingerprint density at radius 1 is 1.25 bits per heavy atom. The van der Waals surface area contributed by atoms with Crippen LogP contribution in [0.15, 0.2) is 35.3 Å². The first-order chi connectivity index (χ1) is 13.3. The number of benzene rings is 1. The maximum Gasteiger partial charge on any atom is 0.193 e. The average molecular weight is 503 g/mol. The standard InChI is InChI=1S/C21H33N3O3.HI/c1-17(15-25-16-18-7-4-3-5-8-18)13-23-21(22-2)24-10-12-27-20(14-24)19-9-6-11-26-19;/h3-5,7-8,17,19-20H,6,9-16H2,1-2H3,(H,22,23);1H. The van der Waals surface area contributed by atoms with Crippen molar-refractivity contribution in [1.29, 1.82) is 0 Å². The predicted octanol–water partition coefficient (Wildman–Crippen LogP) is 2.91. The zero-order valence-electron chi connectivity index (χ0n) is 17.0. The number of nitrogens with one attached hydrogen (secondary N) is 1. The Bertz CT molecular complexity index is 582. The number of nitrogens with zero attached hydrogens (tertiary/aromatic N) is 2. The highest BCUT2D eigenvalue weighted by atomic mass is 127. The topological polar surface area (TPSA) is 55.3 Å². The Balaban J connectivity index is 0.00000280. The van der Waals surface area contributed by atoms with E-state index in [4.69, 9.17) is 14.2 Å². The van der Waals surface area contributed by atoms with Crippen LogP contribution in [-0.2, 0) is 20.8 Å². The first-order valence-electron chi connectivity index (χ1n) is 10.1. The molecule has 7 heteroatoms. The highest BCUT2D eigenvalue weighted by Gasteiger charge is 2.32. The normalized spacial score (nSPS) is 23.9. The van der Waals surface area contributed by atoms with Crippen LogP contribution in [0.3, 0.4) is 0 Å². The minimum atomic E-state index is 0. The summed E-state index contributed by atoms with van der Waals surface area (Å²) in [5.74, 6) is 1.34. The fourth-order valence-electron chi connectivity index (χ4n) is 3.60. The predicted molar refractivity (Wildman–Crippen MR) is 122 cm³/mol. The fourth-order valence-corrected chi connectivity index (χ4v) is 3.60. The van der Waals surface area contributed by atoms with Gasteiger partial charge in [0.25, 0.3) is 0 Å². The van der Waals surface area contributed by atoms with Gasteiger partial charge in [0.05, 0.1) is 25.9 Å². The van der Waals surface area contributed by atoms with Crippen LogP contribution in [-0.4, -0.2) is 69.6 Å². The van der Waals surface area contributed by atoms with Crippen molar-refractivity contribution in [3.8, 4) is 0 Å². The summed E-state index contributed by atoms with van der Waals surface area (Å²) in [5, 5.41) is 3.50. The van der Waals surface area contributed by atoms with Gasteiger partial charge in [-0.1, -0.05) is 37.3 Å². The lowest BCUT2D eigenvalue weighted by atomic mass is 10.1. The molecule has 6 nitrogen and oxygen atoms in total. The molecule has 1 aromatic rings. The summed E-state index contributed by atoms with van der Waals surface area (Å²) in [6, 6.07) is 10.3. The highest BCUT2D eigenvalue weighted by Crippen LogP contribution is 2.21. The summed E-state index contributed by atoms with van der Waals surface area (Å²) in [7, 11) is 1.84. The van der Waals surface area contributed by atoms with E-state index in [-0.39, 0.29) is 36.2 Å². The molecule has 0 saturated carbocycles. The fraction of sp³-hybridized carbons (Fsp3) is 0.667. The Hall–Kier alpha value is -0.900. The number of halogens is 1. The second-order valence-corrected chi connectivity index (χ2v) is 7.44. The van der Waals surface area contributed by atoms with Crippen LogP contribution in [0.2, 0.25) is 0 Å². The molecule has 0 amide bonds. The Labute approximate surface area is 186 Å². The Morgan fingerprint density at radius 3 is 2.75 bits per heavy atom. The lowest BCUT2D eigenvalue weighted by molar-refractivity contribution is -0.0817. The van der Waals surface area contributed by atoms with Gasteiger partial charge < -0.3 is 24.4 Å². The van der Waals surface area contributed by atoms with Crippen LogP contribution in [0.1, 0.15) is 25.3 Å². The number of guanidine groups is 1. The molecule has 2 heterocycles. The first-order valence-corrected chi connectivity index (χ1v) is 10.1. The second kappa shape index (κ2) is 12.6. The molecule has 2 aliphatic heterocycles. The third kappa shape index (κ3) is 7.17. The van der Waals surface area contributed by atoms with Crippen molar-refractivity contribution in [3.63, 3.8) is 0 Å². The minimum absolute atomic E-state index is 0. The van der Waals surface area contributed by atoms with Crippen LogP contribution < -0.4 is 5.32 Å². The summed E-state index contributed by atoms with van der Waals surface area (Å²) >= 11 is 0. The van der Waals surface area contributed by atoms with E-state index in [1.807, 2.05) is 25.2 Å². The van der Waals surface area contributed by atoms with E-state index in [0.717, 1.165) is 58.3 Å². The third-order valence-corrected chi connectivity index (χ3v) is 5.11. The van der Waals surface area contributed by atoms with Gasteiger partial charge in [0, 0.05) is 33.3 Å². The van der Waals surface area contributed by atoms with E-state index in [0.29, 0.717) is 12.5 Å². The van der Waals surface area contributed by atoms with Crippen molar-refractivity contribution < 1.29 is 14.2 Å². The minimum Gasteiger partial charge on any atom is -0.376 e. The molecular weight excluding hydrogens is 469 g/mol. The molecule has 28 heavy (non-hydrogen) atoms. The Morgan fingerprint density at radius 2 is 2.04 bits per heavy atom. The smallest absolute Gasteiger partial charge is 0.193 e. The number of ether oxygens (including phenoxy) is 3. The van der Waals surface area contributed by atoms with Crippen molar-refractivity contribution in [2.75, 3.05) is 46.5 Å². The van der Waals surface area contributed by atoms with Gasteiger partial charge in [-0.3, -0.25) is 4.99 Å². The van der Waals surface area contributed by atoms with E-state index >= 15 is 0 Å². The molecule has 0 bridgehead atoms. The molecule has 0 spiro atoms. The zero-order chi connectivity index (χ0) is 18.9. The summed E-state index contributed by atoms with van der Waals surface area (Å²) in [4.78, 5) is 6.75. The number of rotatable bonds is 7. The molecule has 2 aliphatic rings. The van der Waals surface area contributed by atoms with Gasteiger partial charge in [-0.25, -0.2) is 0 Å². The molecule has 2 fully saturated rings. The van der Waals surface area contributed by atoms with Gasteiger partial charge in [0.1, 0.15) is 6.10 Å². The zero-order valence-corrected chi connectivity index (χ0v) is 19.3. The van der Waals surface area contributed by atoms with Crippen LogP contribution in [0.5, 0.6) is 0 Å². The first kappa shape index (κ1) is 23.4. The average Bonchev–Trinajstić information content (AvgIpc) is 3.24. The number of hydrogen-bond donors (Lipinski definition) is 1. The third-order valence-electron chi connectivity index (χ3n) is 5.11. The molecule has 3 atom stereocenters. The maximum atomic E-state index is 5.94. The van der Waals surface area contributed by atoms with E-state index in [2.05, 4.69) is 34.3 Å². The van der Waals surface area contributed by atoms with Crippen LogP contribution in [0.4, 0.5) is 0 Å². The van der Waals surface area contributed by atoms with Crippen molar-refractivity contribution in [1.82, 2.24) is 10.2 Å². The largest absolute Gasteiger partial charge is 0.376 e. The van der Waals surface area contributed by atoms with E-state index < -0.39 is 0 Å². The van der Waals surface area contributed by atoms with Crippen molar-refractivity contribution in [3.05, 3.63) is 35.9 Å². The van der Waals surface area contributed by atoms with Gasteiger partial charge in [0.2, 0.25) is 0 Å². The molecular formula is C21H34IN3O3. The summed E-state index contributed by atoms with van der Waals surface area (Å²) in [5.41, 5.74) is 1.21. The lowest BCUT2D eigenvalue weighted by Crippen LogP contribution is -2.53. The maximum absolute atomic E-state index is 5.94. The van der Waals surface area contributed by atoms with Crippen molar-refractivity contribution in [2.45, 2.75) is 38.6 Å². The molecule has 1 aromatic carbocycles. The molecule has 2 saturated heterocycles. The molecule has 0 aliphatic carbocycles. The van der Waals surface area contributed by atoms with E-state index in [1.165, 1.54) is 5.56 Å². The van der Waals surface area contributed by atoms with Crippen molar-refractivity contribution in [2.24, 2.45) is 10.9 Å². The van der Waals surface area contributed by atoms with Crippen LogP contribution in [0.25, 0.3) is 0 Å². The molecule has 3 unspecified atom stereocenters. The molecule has 158 valence electrons. The second-order valence-electron chi connectivity index (χ2n) is 7.44. The number of aliphatic imine (C=N–C) groups is 1. The summed E-state index contributed by atoms with van der Waals surface area (Å²) in [6.07, 6.45) is 2.61. The van der Waals surface area contributed by atoms with Gasteiger partial charge in [0.15, 0.2) is 5.96 Å². The molecule has 0 aromatic heterocycles. The van der Waals surface area contributed by atoms with Gasteiger partial charge in [-0.2, -0.15) is 0 Å². The van der Waals surface area contributed by atoms with Gasteiger partial charge in [-0.15, -0.1) is 24.0 Å². The quantitative estimate of drug-likeness (QED) is 0.353. The summed E-state index contributed by atoms with van der Waals surface area (Å²) in [6.45, 7) is 7.69. The summed E-state index contributed by atoms with van der Waals surface area (Å²) < 4.78 is 17.6. The SMILES string of the molecule is CN=C(NCC(C)COCc1ccccc1)N1CCOC(C2CCCO2)C1.I. The highest BCUT2D eigenvalue weighted by molar-refractivity contribution is 14.0. The Kier molecular flexibility index (Phi) is 10.5. The monoisotopic (exact) mass is 503 g/mol. The molecule has 3 rings (SSSR count). The van der Waals surface area contributed by atoms with Crippen LogP contribution >= 0.6 is 24.0 Å². The number of hydrogen-bond acceptors (Lipinski definition) is 4. The lowest BCUT2D eigenvalue weighted by Gasteiger charge is -2.37. The molecule has 0 radical (unpaired) electrons. The van der Waals surface area contributed by atoms with E-state index in [9.17, 15) is 0 Å². The van der Waals surface area contributed by atoms with Gasteiger partial charge >= 0.3 is 0 Å². The van der Waals surface area contributed by atoms with E-state index in [1.54, 1.807) is 0 Å².